The normalized spacial score (nSPS) is 10.6. The Hall–Kier alpha value is -2.36. The molecule has 3 aromatic heterocycles. The van der Waals surface area contributed by atoms with Crippen molar-refractivity contribution in [2.45, 2.75) is 0 Å². The van der Waals surface area contributed by atoms with Crippen LogP contribution in [0.5, 0.6) is 0 Å². The lowest BCUT2D eigenvalue weighted by Crippen LogP contribution is -1.88. The van der Waals surface area contributed by atoms with Gasteiger partial charge < -0.3 is 10.3 Å². The summed E-state index contributed by atoms with van der Waals surface area (Å²) in [6.45, 7) is 0. The standard InChI is InChI=1S/C13H12N4/c1-14-10-6-11-12(8-17-13(11)16-7-10)9-2-4-15-5-3-9/h2-8,14H,1H3,(H,16,17). The average Bonchev–Trinajstić information content (AvgIpc) is 2.82. The third-order valence-corrected chi connectivity index (χ3v) is 2.81. The van der Waals surface area contributed by atoms with E-state index in [-0.39, 0.29) is 0 Å². The van der Waals surface area contributed by atoms with E-state index in [1.54, 1.807) is 12.4 Å². The molecular formula is C13H12N4. The molecule has 3 heterocycles. The van der Waals surface area contributed by atoms with Crippen LogP contribution in [-0.2, 0) is 0 Å². The molecule has 0 aliphatic heterocycles. The van der Waals surface area contributed by atoms with Crippen molar-refractivity contribution in [1.82, 2.24) is 15.0 Å². The van der Waals surface area contributed by atoms with Crippen molar-refractivity contribution in [3.8, 4) is 11.1 Å². The summed E-state index contributed by atoms with van der Waals surface area (Å²) in [5, 5.41) is 4.21. The minimum absolute atomic E-state index is 0.899. The Balaban J connectivity index is 2.23. The summed E-state index contributed by atoms with van der Waals surface area (Å²) in [4.78, 5) is 11.6. The number of aromatic nitrogens is 3. The first-order valence-electron chi connectivity index (χ1n) is 5.44. The number of H-pyrrole nitrogens is 1. The Labute approximate surface area is 98.7 Å². The van der Waals surface area contributed by atoms with E-state index in [1.807, 2.05) is 31.6 Å². The van der Waals surface area contributed by atoms with E-state index in [2.05, 4.69) is 26.3 Å². The second-order valence-electron chi connectivity index (χ2n) is 3.81. The van der Waals surface area contributed by atoms with Crippen molar-refractivity contribution in [3.05, 3.63) is 43.0 Å². The summed E-state index contributed by atoms with van der Waals surface area (Å²) in [7, 11) is 1.89. The SMILES string of the molecule is CNc1cnc2[nH]cc(-c3ccncc3)c2c1. The van der Waals surface area contributed by atoms with Gasteiger partial charge in [0, 0.05) is 36.6 Å². The highest BCUT2D eigenvalue weighted by atomic mass is 14.9. The van der Waals surface area contributed by atoms with Gasteiger partial charge in [0.1, 0.15) is 5.65 Å². The molecule has 0 amide bonds. The zero-order valence-electron chi connectivity index (χ0n) is 9.44. The molecule has 2 N–H and O–H groups in total. The molecule has 3 aromatic rings. The van der Waals surface area contributed by atoms with Gasteiger partial charge in [0.2, 0.25) is 0 Å². The lowest BCUT2D eigenvalue weighted by atomic mass is 10.1. The van der Waals surface area contributed by atoms with Crippen LogP contribution in [-0.4, -0.2) is 22.0 Å². The molecule has 4 heteroatoms. The second kappa shape index (κ2) is 3.90. The van der Waals surface area contributed by atoms with E-state index >= 15 is 0 Å². The molecule has 0 radical (unpaired) electrons. The summed E-state index contributed by atoms with van der Waals surface area (Å²) in [6, 6.07) is 6.08. The molecule has 4 nitrogen and oxygen atoms in total. The van der Waals surface area contributed by atoms with Crippen molar-refractivity contribution in [2.24, 2.45) is 0 Å². The maximum Gasteiger partial charge on any atom is 0.138 e. The van der Waals surface area contributed by atoms with Crippen LogP contribution in [0.2, 0.25) is 0 Å². The number of nitrogens with zero attached hydrogens (tertiary/aromatic N) is 2. The zero-order chi connectivity index (χ0) is 11.7. The number of rotatable bonds is 2. The topological polar surface area (TPSA) is 53.6 Å². The van der Waals surface area contributed by atoms with E-state index < -0.39 is 0 Å². The first kappa shape index (κ1) is 9.84. The highest BCUT2D eigenvalue weighted by Gasteiger charge is 2.07. The Morgan fingerprint density at radius 3 is 2.82 bits per heavy atom. The van der Waals surface area contributed by atoms with E-state index in [0.717, 1.165) is 27.8 Å². The Kier molecular flexibility index (Phi) is 2.26. The van der Waals surface area contributed by atoms with Crippen LogP contribution in [0.1, 0.15) is 0 Å². The number of hydrogen-bond donors (Lipinski definition) is 2. The van der Waals surface area contributed by atoms with Gasteiger partial charge in [-0.1, -0.05) is 0 Å². The molecule has 3 rings (SSSR count). The minimum Gasteiger partial charge on any atom is -0.387 e. The van der Waals surface area contributed by atoms with Gasteiger partial charge >= 0.3 is 0 Å². The highest BCUT2D eigenvalue weighted by molar-refractivity contribution is 5.95. The molecule has 0 saturated heterocycles. The van der Waals surface area contributed by atoms with E-state index in [4.69, 9.17) is 0 Å². The average molecular weight is 224 g/mol. The molecule has 0 atom stereocenters. The molecule has 17 heavy (non-hydrogen) atoms. The van der Waals surface area contributed by atoms with Crippen molar-refractivity contribution in [1.29, 1.82) is 0 Å². The summed E-state index contributed by atoms with van der Waals surface area (Å²) >= 11 is 0. The summed E-state index contributed by atoms with van der Waals surface area (Å²) in [5.41, 5.74) is 4.19. The highest BCUT2D eigenvalue weighted by Crippen LogP contribution is 2.28. The quantitative estimate of drug-likeness (QED) is 0.703. The predicted molar refractivity (Wildman–Crippen MR) is 68.9 cm³/mol. The second-order valence-corrected chi connectivity index (χ2v) is 3.81. The largest absolute Gasteiger partial charge is 0.387 e. The lowest BCUT2D eigenvalue weighted by Gasteiger charge is -2.01. The van der Waals surface area contributed by atoms with Crippen LogP contribution in [0.3, 0.4) is 0 Å². The van der Waals surface area contributed by atoms with Crippen LogP contribution in [0, 0.1) is 0 Å². The van der Waals surface area contributed by atoms with Gasteiger partial charge in [-0.25, -0.2) is 4.98 Å². The minimum atomic E-state index is 0.899. The van der Waals surface area contributed by atoms with Gasteiger partial charge in [0.25, 0.3) is 0 Å². The Morgan fingerprint density at radius 2 is 2.06 bits per heavy atom. The van der Waals surface area contributed by atoms with Gasteiger partial charge in [-0.2, -0.15) is 0 Å². The molecule has 0 spiro atoms. The fraction of sp³-hybridized carbons (Fsp3) is 0.0769. The van der Waals surface area contributed by atoms with Crippen molar-refractivity contribution in [2.75, 3.05) is 12.4 Å². The van der Waals surface area contributed by atoms with Crippen LogP contribution in [0.15, 0.2) is 43.0 Å². The molecule has 0 unspecified atom stereocenters. The number of hydrogen-bond acceptors (Lipinski definition) is 3. The third-order valence-electron chi connectivity index (χ3n) is 2.81. The fourth-order valence-corrected chi connectivity index (χ4v) is 1.91. The lowest BCUT2D eigenvalue weighted by molar-refractivity contribution is 1.31. The predicted octanol–water partition coefficient (Wildman–Crippen LogP) is 2.67. The molecule has 0 saturated carbocycles. The fourth-order valence-electron chi connectivity index (χ4n) is 1.91. The van der Waals surface area contributed by atoms with Crippen molar-refractivity contribution < 1.29 is 0 Å². The molecule has 0 aromatic carbocycles. The van der Waals surface area contributed by atoms with Crippen LogP contribution in [0.25, 0.3) is 22.2 Å². The number of nitrogens with one attached hydrogen (secondary N) is 2. The van der Waals surface area contributed by atoms with E-state index in [9.17, 15) is 0 Å². The molecule has 0 aliphatic carbocycles. The molecule has 0 fully saturated rings. The van der Waals surface area contributed by atoms with E-state index in [0.29, 0.717) is 0 Å². The molecule has 0 aliphatic rings. The Morgan fingerprint density at radius 1 is 1.24 bits per heavy atom. The first-order valence-corrected chi connectivity index (χ1v) is 5.44. The number of anilines is 1. The molecular weight excluding hydrogens is 212 g/mol. The maximum absolute atomic E-state index is 4.36. The first-order chi connectivity index (χ1) is 8.38. The number of fused-ring (bicyclic) bond motifs is 1. The molecule has 0 bridgehead atoms. The van der Waals surface area contributed by atoms with Gasteiger partial charge in [0.15, 0.2) is 0 Å². The van der Waals surface area contributed by atoms with Gasteiger partial charge in [0.05, 0.1) is 11.9 Å². The van der Waals surface area contributed by atoms with Gasteiger partial charge in [-0.15, -0.1) is 0 Å². The van der Waals surface area contributed by atoms with Gasteiger partial charge in [-0.3, -0.25) is 4.98 Å². The summed E-state index contributed by atoms with van der Waals surface area (Å²) in [6.07, 6.45) is 7.38. The van der Waals surface area contributed by atoms with Crippen LogP contribution >= 0.6 is 0 Å². The third kappa shape index (κ3) is 1.63. The number of pyridine rings is 2. The molecule has 84 valence electrons. The van der Waals surface area contributed by atoms with E-state index in [1.165, 1.54) is 0 Å². The number of aromatic amines is 1. The van der Waals surface area contributed by atoms with Crippen molar-refractivity contribution in [3.63, 3.8) is 0 Å². The monoisotopic (exact) mass is 224 g/mol. The smallest absolute Gasteiger partial charge is 0.138 e. The Bertz CT molecular complexity index is 643. The summed E-state index contributed by atoms with van der Waals surface area (Å²) < 4.78 is 0. The summed E-state index contributed by atoms with van der Waals surface area (Å²) in [5.74, 6) is 0. The maximum atomic E-state index is 4.36. The van der Waals surface area contributed by atoms with Crippen LogP contribution < -0.4 is 5.32 Å². The van der Waals surface area contributed by atoms with Crippen LogP contribution in [0.4, 0.5) is 5.69 Å². The van der Waals surface area contributed by atoms with Gasteiger partial charge in [-0.05, 0) is 23.8 Å². The van der Waals surface area contributed by atoms with Crippen molar-refractivity contribution >= 4 is 16.7 Å². The zero-order valence-corrected chi connectivity index (χ0v) is 9.44.